The van der Waals surface area contributed by atoms with Gasteiger partial charge < -0.3 is 10.6 Å². The molecule has 1 aromatic heterocycles. The van der Waals surface area contributed by atoms with Gasteiger partial charge >= 0.3 is 11.8 Å². The van der Waals surface area contributed by atoms with Crippen LogP contribution in [0.2, 0.25) is 0 Å². The maximum Gasteiger partial charge on any atom is 0.314 e. The maximum absolute atomic E-state index is 12.8. The Balaban J connectivity index is 1.52. The molecule has 1 aliphatic heterocycles. The predicted molar refractivity (Wildman–Crippen MR) is 130 cm³/mol. The summed E-state index contributed by atoms with van der Waals surface area (Å²) in [5.41, 5.74) is 4.67. The molecule has 9 heteroatoms. The molecule has 2 N–H and O–H groups in total. The van der Waals surface area contributed by atoms with Gasteiger partial charge in [-0.05, 0) is 50.8 Å². The van der Waals surface area contributed by atoms with Crippen LogP contribution < -0.4 is 10.6 Å². The van der Waals surface area contributed by atoms with E-state index in [1.54, 1.807) is 0 Å². The molecule has 1 atom stereocenters. The Kier molecular flexibility index (Phi) is 6.56. The number of aromatic nitrogens is 2. The van der Waals surface area contributed by atoms with E-state index < -0.39 is 21.7 Å². The SMILES string of the molecule is Cc1ccc(-n2nc3c(c2NC(=O)C(=O)NC(C)CCc2ccccc2)CS(=O)(=O)C3)c(C)c1. The monoisotopic (exact) mass is 480 g/mol. The highest BCUT2D eigenvalue weighted by Gasteiger charge is 2.34. The van der Waals surface area contributed by atoms with Gasteiger partial charge in [-0.15, -0.1) is 0 Å². The second-order valence-corrected chi connectivity index (χ2v) is 10.9. The van der Waals surface area contributed by atoms with Crippen molar-refractivity contribution in [2.75, 3.05) is 5.32 Å². The molecule has 0 saturated heterocycles. The number of carbonyl (C=O) groups excluding carboxylic acids is 2. The Labute approximate surface area is 199 Å². The van der Waals surface area contributed by atoms with Crippen molar-refractivity contribution in [3.8, 4) is 5.69 Å². The van der Waals surface area contributed by atoms with E-state index in [4.69, 9.17) is 0 Å². The summed E-state index contributed by atoms with van der Waals surface area (Å²) < 4.78 is 25.9. The smallest absolute Gasteiger partial charge is 0.314 e. The number of sulfone groups is 1. The number of nitrogens with one attached hydrogen (secondary N) is 2. The third-order valence-electron chi connectivity index (χ3n) is 5.89. The number of rotatable bonds is 6. The van der Waals surface area contributed by atoms with Gasteiger partial charge in [-0.2, -0.15) is 5.10 Å². The highest BCUT2D eigenvalue weighted by molar-refractivity contribution is 7.90. The molecule has 0 aliphatic carbocycles. The number of fused-ring (bicyclic) bond motifs is 1. The topological polar surface area (TPSA) is 110 Å². The first-order chi connectivity index (χ1) is 16.1. The van der Waals surface area contributed by atoms with Crippen molar-refractivity contribution in [2.45, 2.75) is 51.2 Å². The van der Waals surface area contributed by atoms with Gasteiger partial charge in [0.25, 0.3) is 0 Å². The molecule has 0 spiro atoms. The number of nitrogens with zero attached hydrogens (tertiary/aromatic N) is 2. The zero-order chi connectivity index (χ0) is 24.5. The van der Waals surface area contributed by atoms with E-state index in [2.05, 4.69) is 15.7 Å². The summed E-state index contributed by atoms with van der Waals surface area (Å²) >= 11 is 0. The van der Waals surface area contributed by atoms with E-state index in [9.17, 15) is 18.0 Å². The number of carbonyl (C=O) groups is 2. The summed E-state index contributed by atoms with van der Waals surface area (Å²) in [7, 11) is -3.34. The van der Waals surface area contributed by atoms with Gasteiger partial charge in [0.15, 0.2) is 9.84 Å². The van der Waals surface area contributed by atoms with Crippen LogP contribution >= 0.6 is 0 Å². The normalized spacial score (nSPS) is 14.9. The fourth-order valence-electron chi connectivity index (χ4n) is 4.14. The van der Waals surface area contributed by atoms with Crippen LogP contribution in [0.4, 0.5) is 5.82 Å². The Morgan fingerprint density at radius 2 is 1.79 bits per heavy atom. The fourth-order valence-corrected chi connectivity index (χ4v) is 5.64. The van der Waals surface area contributed by atoms with Crippen molar-refractivity contribution in [3.63, 3.8) is 0 Å². The summed E-state index contributed by atoms with van der Waals surface area (Å²) in [6.07, 6.45) is 1.45. The molecule has 4 rings (SSSR count). The molecule has 0 saturated carbocycles. The summed E-state index contributed by atoms with van der Waals surface area (Å²) in [5, 5.41) is 9.83. The molecule has 34 heavy (non-hydrogen) atoms. The van der Waals surface area contributed by atoms with Gasteiger partial charge in [0.2, 0.25) is 0 Å². The van der Waals surface area contributed by atoms with Crippen molar-refractivity contribution < 1.29 is 18.0 Å². The zero-order valence-electron chi connectivity index (χ0n) is 19.5. The van der Waals surface area contributed by atoms with Crippen LogP contribution in [0.1, 0.15) is 41.3 Å². The number of hydrogen-bond donors (Lipinski definition) is 2. The first-order valence-corrected chi connectivity index (χ1v) is 13.0. The molecular formula is C25H28N4O4S. The molecule has 1 aliphatic rings. The van der Waals surface area contributed by atoms with Crippen molar-refractivity contribution in [1.29, 1.82) is 0 Å². The lowest BCUT2D eigenvalue weighted by Crippen LogP contribution is -2.41. The van der Waals surface area contributed by atoms with Gasteiger partial charge in [-0.1, -0.05) is 48.0 Å². The standard InChI is InChI=1S/C25H28N4O4S/c1-16-9-12-22(17(2)13-16)29-23(20-14-34(32,33)15-21(20)28-29)27-25(31)24(30)26-18(3)10-11-19-7-5-4-6-8-19/h4-9,12-13,18H,10-11,14-15H2,1-3H3,(H,26,30)(H,27,31). The first kappa shape index (κ1) is 23.7. The summed E-state index contributed by atoms with van der Waals surface area (Å²) in [4.78, 5) is 25.4. The van der Waals surface area contributed by atoms with Gasteiger partial charge in [-0.3, -0.25) is 9.59 Å². The minimum Gasteiger partial charge on any atom is -0.345 e. The average Bonchev–Trinajstić information content (AvgIpc) is 3.25. The molecule has 0 radical (unpaired) electrons. The van der Waals surface area contributed by atoms with E-state index in [0.717, 1.165) is 23.1 Å². The van der Waals surface area contributed by atoms with E-state index in [1.807, 2.05) is 69.3 Å². The third kappa shape index (κ3) is 5.20. The maximum atomic E-state index is 12.8. The lowest BCUT2D eigenvalue weighted by atomic mass is 10.1. The van der Waals surface area contributed by atoms with Crippen molar-refractivity contribution in [1.82, 2.24) is 15.1 Å². The molecule has 0 fully saturated rings. The number of anilines is 1. The lowest BCUT2D eigenvalue weighted by molar-refractivity contribution is -0.136. The van der Waals surface area contributed by atoms with Crippen LogP contribution in [-0.2, 0) is 37.4 Å². The van der Waals surface area contributed by atoms with Crippen LogP contribution in [-0.4, -0.2) is 36.1 Å². The minimum absolute atomic E-state index is 0.189. The molecule has 3 aromatic rings. The quantitative estimate of drug-likeness (QED) is 0.527. The molecule has 1 unspecified atom stereocenters. The van der Waals surface area contributed by atoms with Crippen LogP contribution in [0.3, 0.4) is 0 Å². The summed E-state index contributed by atoms with van der Waals surface area (Å²) in [6.45, 7) is 5.73. The highest BCUT2D eigenvalue weighted by atomic mass is 32.2. The second kappa shape index (κ2) is 9.42. The lowest BCUT2D eigenvalue weighted by Gasteiger charge is -2.15. The molecule has 2 aromatic carbocycles. The van der Waals surface area contributed by atoms with E-state index >= 15 is 0 Å². The molecule has 178 valence electrons. The van der Waals surface area contributed by atoms with Crippen LogP contribution in [0.5, 0.6) is 0 Å². The minimum atomic E-state index is -3.34. The number of amides is 2. The fraction of sp³-hybridized carbons (Fsp3) is 0.320. The Bertz CT molecular complexity index is 1350. The molecule has 2 heterocycles. The molecule has 2 amide bonds. The third-order valence-corrected chi connectivity index (χ3v) is 7.33. The van der Waals surface area contributed by atoms with Crippen molar-refractivity contribution in [2.24, 2.45) is 0 Å². The molecule has 0 bridgehead atoms. The predicted octanol–water partition coefficient (Wildman–Crippen LogP) is 2.99. The van der Waals surface area contributed by atoms with Crippen molar-refractivity contribution in [3.05, 3.63) is 76.5 Å². The number of hydrogen-bond acceptors (Lipinski definition) is 5. The van der Waals surface area contributed by atoms with E-state index in [1.165, 1.54) is 4.68 Å². The Morgan fingerprint density at radius 1 is 1.06 bits per heavy atom. The highest BCUT2D eigenvalue weighted by Crippen LogP contribution is 2.33. The van der Waals surface area contributed by atoms with Crippen LogP contribution in [0, 0.1) is 13.8 Å². The van der Waals surface area contributed by atoms with Crippen LogP contribution in [0.15, 0.2) is 48.5 Å². The first-order valence-electron chi connectivity index (χ1n) is 11.2. The molecule has 8 nitrogen and oxygen atoms in total. The van der Waals surface area contributed by atoms with E-state index in [0.29, 0.717) is 23.4 Å². The summed E-state index contributed by atoms with van der Waals surface area (Å²) in [5.74, 6) is -1.82. The Hall–Kier alpha value is -3.46. The molecular weight excluding hydrogens is 452 g/mol. The Morgan fingerprint density at radius 3 is 2.50 bits per heavy atom. The summed E-state index contributed by atoms with van der Waals surface area (Å²) in [6, 6.07) is 15.5. The largest absolute Gasteiger partial charge is 0.345 e. The van der Waals surface area contributed by atoms with Gasteiger partial charge in [0.1, 0.15) is 5.82 Å². The average molecular weight is 481 g/mol. The van der Waals surface area contributed by atoms with Crippen molar-refractivity contribution >= 4 is 27.5 Å². The van der Waals surface area contributed by atoms with Gasteiger partial charge in [0, 0.05) is 11.6 Å². The van der Waals surface area contributed by atoms with Gasteiger partial charge in [0.05, 0.1) is 22.9 Å². The number of aryl methyl sites for hydroxylation is 3. The van der Waals surface area contributed by atoms with E-state index in [-0.39, 0.29) is 23.4 Å². The van der Waals surface area contributed by atoms with Crippen LogP contribution in [0.25, 0.3) is 5.69 Å². The van der Waals surface area contributed by atoms with Gasteiger partial charge in [-0.25, -0.2) is 13.1 Å². The number of benzene rings is 2. The second-order valence-electron chi connectivity index (χ2n) is 8.86. The zero-order valence-corrected chi connectivity index (χ0v) is 20.3.